The van der Waals surface area contributed by atoms with Crippen LogP contribution in [0, 0.1) is 0 Å². The van der Waals surface area contributed by atoms with Gasteiger partial charge < -0.3 is 9.47 Å². The fraction of sp³-hybridized carbons (Fsp3) is 0.417. The molecule has 0 spiro atoms. The Morgan fingerprint density at radius 3 is 2.93 bits per heavy atom. The molecule has 3 heteroatoms. The molecular formula is C12H15NO2. The third-order valence-electron chi connectivity index (χ3n) is 2.26. The van der Waals surface area contributed by atoms with Crippen LogP contribution in [0.2, 0.25) is 0 Å². The minimum atomic E-state index is 0.272. The summed E-state index contributed by atoms with van der Waals surface area (Å²) in [7, 11) is 0. The average molecular weight is 205 g/mol. The maximum Gasteiger partial charge on any atom is 0.389 e. The Bertz CT molecular complexity index is 335. The average Bonchev–Trinajstić information content (AvgIpc) is 2.68. The molecule has 0 saturated carbocycles. The van der Waals surface area contributed by atoms with E-state index in [0.29, 0.717) is 12.7 Å². The van der Waals surface area contributed by atoms with Gasteiger partial charge in [0.25, 0.3) is 0 Å². The van der Waals surface area contributed by atoms with Crippen LogP contribution < -0.4 is 4.74 Å². The summed E-state index contributed by atoms with van der Waals surface area (Å²) in [5.41, 5.74) is 0. The van der Waals surface area contributed by atoms with Crippen molar-refractivity contribution < 1.29 is 9.47 Å². The quantitative estimate of drug-likeness (QED) is 0.759. The first-order chi connectivity index (χ1) is 7.38. The molecule has 1 atom stereocenters. The fourth-order valence-electron chi connectivity index (χ4n) is 1.52. The van der Waals surface area contributed by atoms with Crippen molar-refractivity contribution >= 4 is 6.08 Å². The SMILES string of the molecule is CCCC1COC(Oc2ccccc2)=N1. The van der Waals surface area contributed by atoms with Gasteiger partial charge in [-0.25, -0.2) is 4.99 Å². The third-order valence-corrected chi connectivity index (χ3v) is 2.26. The van der Waals surface area contributed by atoms with Crippen LogP contribution in [0.1, 0.15) is 19.8 Å². The zero-order chi connectivity index (χ0) is 10.5. The normalized spacial score (nSPS) is 19.5. The van der Waals surface area contributed by atoms with Crippen molar-refractivity contribution in [1.82, 2.24) is 0 Å². The molecule has 2 rings (SSSR count). The van der Waals surface area contributed by atoms with Crippen molar-refractivity contribution in [3.63, 3.8) is 0 Å². The van der Waals surface area contributed by atoms with Crippen molar-refractivity contribution in [3.8, 4) is 5.75 Å². The summed E-state index contributed by atoms with van der Waals surface area (Å²) in [6.07, 6.45) is 2.58. The molecule has 0 radical (unpaired) electrons. The summed E-state index contributed by atoms with van der Waals surface area (Å²) < 4.78 is 10.8. The van der Waals surface area contributed by atoms with Crippen molar-refractivity contribution in [3.05, 3.63) is 30.3 Å². The molecule has 1 heterocycles. The molecule has 0 fully saturated rings. The molecule has 1 aromatic carbocycles. The highest BCUT2D eigenvalue weighted by Gasteiger charge is 2.19. The Hall–Kier alpha value is -1.51. The van der Waals surface area contributed by atoms with E-state index in [2.05, 4.69) is 11.9 Å². The minimum Gasteiger partial charge on any atom is -0.448 e. The van der Waals surface area contributed by atoms with Crippen molar-refractivity contribution in [1.29, 1.82) is 0 Å². The number of ether oxygens (including phenoxy) is 2. The maximum absolute atomic E-state index is 5.48. The van der Waals surface area contributed by atoms with Gasteiger partial charge in [-0.15, -0.1) is 0 Å². The number of nitrogens with zero attached hydrogens (tertiary/aromatic N) is 1. The first kappa shape index (κ1) is 10.0. The molecule has 0 amide bonds. The highest BCUT2D eigenvalue weighted by Crippen LogP contribution is 2.15. The molecule has 80 valence electrons. The van der Waals surface area contributed by atoms with Crippen LogP contribution in [0.25, 0.3) is 0 Å². The molecule has 0 saturated heterocycles. The zero-order valence-electron chi connectivity index (χ0n) is 8.85. The number of para-hydroxylation sites is 1. The summed E-state index contributed by atoms with van der Waals surface area (Å²) in [4.78, 5) is 4.35. The van der Waals surface area contributed by atoms with E-state index in [1.165, 1.54) is 0 Å². The molecule has 1 aliphatic rings. The van der Waals surface area contributed by atoms with Gasteiger partial charge >= 0.3 is 6.08 Å². The van der Waals surface area contributed by atoms with Crippen LogP contribution in [-0.2, 0) is 4.74 Å². The number of rotatable bonds is 3. The van der Waals surface area contributed by atoms with E-state index in [9.17, 15) is 0 Å². The number of hydrogen-bond acceptors (Lipinski definition) is 3. The number of hydrogen-bond donors (Lipinski definition) is 0. The Labute approximate surface area is 89.7 Å². The van der Waals surface area contributed by atoms with Crippen LogP contribution in [-0.4, -0.2) is 18.7 Å². The lowest BCUT2D eigenvalue weighted by Crippen LogP contribution is -2.08. The van der Waals surface area contributed by atoms with Crippen molar-refractivity contribution in [2.75, 3.05) is 6.61 Å². The van der Waals surface area contributed by atoms with E-state index >= 15 is 0 Å². The molecule has 0 bridgehead atoms. The first-order valence-electron chi connectivity index (χ1n) is 5.32. The fourth-order valence-corrected chi connectivity index (χ4v) is 1.52. The summed E-state index contributed by atoms with van der Waals surface area (Å²) in [6, 6.07) is 9.85. The van der Waals surface area contributed by atoms with E-state index in [0.717, 1.165) is 18.6 Å². The molecule has 15 heavy (non-hydrogen) atoms. The molecule has 1 aliphatic heterocycles. The van der Waals surface area contributed by atoms with Crippen LogP contribution in [0.4, 0.5) is 0 Å². The molecular weight excluding hydrogens is 190 g/mol. The topological polar surface area (TPSA) is 30.8 Å². The van der Waals surface area contributed by atoms with Crippen molar-refractivity contribution in [2.24, 2.45) is 4.99 Å². The number of benzene rings is 1. The monoisotopic (exact) mass is 205 g/mol. The maximum atomic E-state index is 5.48. The smallest absolute Gasteiger partial charge is 0.389 e. The van der Waals surface area contributed by atoms with E-state index in [4.69, 9.17) is 9.47 Å². The second kappa shape index (κ2) is 4.82. The van der Waals surface area contributed by atoms with Gasteiger partial charge in [-0.3, -0.25) is 0 Å². The Balaban J connectivity index is 1.94. The predicted molar refractivity (Wildman–Crippen MR) is 59.2 cm³/mol. The molecule has 3 nitrogen and oxygen atoms in total. The van der Waals surface area contributed by atoms with Crippen molar-refractivity contribution in [2.45, 2.75) is 25.8 Å². The van der Waals surface area contributed by atoms with Gasteiger partial charge in [0.05, 0.1) is 6.04 Å². The van der Waals surface area contributed by atoms with Crippen LogP contribution in [0.15, 0.2) is 35.3 Å². The lowest BCUT2D eigenvalue weighted by molar-refractivity contribution is 0.255. The van der Waals surface area contributed by atoms with E-state index in [1.54, 1.807) is 0 Å². The van der Waals surface area contributed by atoms with Gasteiger partial charge in [0.2, 0.25) is 0 Å². The van der Waals surface area contributed by atoms with Gasteiger partial charge in [-0.1, -0.05) is 31.5 Å². The van der Waals surface area contributed by atoms with E-state index < -0.39 is 0 Å². The number of aliphatic imine (C=N–C) groups is 1. The molecule has 0 aliphatic carbocycles. The van der Waals surface area contributed by atoms with E-state index in [1.807, 2.05) is 30.3 Å². The van der Waals surface area contributed by atoms with Gasteiger partial charge in [0.15, 0.2) is 0 Å². The lowest BCUT2D eigenvalue weighted by atomic mass is 10.2. The Morgan fingerprint density at radius 1 is 1.40 bits per heavy atom. The first-order valence-corrected chi connectivity index (χ1v) is 5.32. The summed E-state index contributed by atoms with van der Waals surface area (Å²) in [6.45, 7) is 2.79. The minimum absolute atomic E-state index is 0.272. The molecule has 1 aromatic rings. The van der Waals surface area contributed by atoms with Crippen LogP contribution in [0.5, 0.6) is 5.75 Å². The Morgan fingerprint density at radius 2 is 2.20 bits per heavy atom. The Kier molecular flexibility index (Phi) is 3.22. The molecule has 0 aromatic heterocycles. The van der Waals surface area contributed by atoms with Gasteiger partial charge in [-0.05, 0) is 18.6 Å². The summed E-state index contributed by atoms with van der Waals surface area (Å²) >= 11 is 0. The highest BCUT2D eigenvalue weighted by molar-refractivity contribution is 5.71. The summed E-state index contributed by atoms with van der Waals surface area (Å²) in [5, 5.41) is 0. The second-order valence-electron chi connectivity index (χ2n) is 3.56. The molecule has 1 unspecified atom stereocenters. The second-order valence-corrected chi connectivity index (χ2v) is 3.56. The zero-order valence-corrected chi connectivity index (χ0v) is 8.85. The predicted octanol–water partition coefficient (Wildman–Crippen LogP) is 2.62. The third kappa shape index (κ3) is 2.72. The summed E-state index contributed by atoms with van der Waals surface area (Å²) in [5.74, 6) is 0.772. The van der Waals surface area contributed by atoms with Crippen LogP contribution in [0.3, 0.4) is 0 Å². The van der Waals surface area contributed by atoms with Gasteiger partial charge in [-0.2, -0.15) is 0 Å². The van der Waals surface area contributed by atoms with Gasteiger partial charge in [0.1, 0.15) is 12.4 Å². The largest absolute Gasteiger partial charge is 0.448 e. The van der Waals surface area contributed by atoms with Gasteiger partial charge in [0, 0.05) is 0 Å². The van der Waals surface area contributed by atoms with E-state index in [-0.39, 0.29) is 6.04 Å². The standard InChI is InChI=1S/C12H15NO2/c1-2-6-10-9-14-12(13-10)15-11-7-4-3-5-8-11/h3-5,7-8,10H,2,6,9H2,1H3. The highest BCUT2D eigenvalue weighted by atomic mass is 16.7. The van der Waals surface area contributed by atoms with Crippen LogP contribution >= 0.6 is 0 Å². The lowest BCUT2D eigenvalue weighted by Gasteiger charge is -2.02. The molecule has 0 N–H and O–H groups in total.